The molecule has 0 fully saturated rings. The highest BCUT2D eigenvalue weighted by Crippen LogP contribution is 2.21. The van der Waals surface area contributed by atoms with Crippen molar-refractivity contribution >= 4 is 16.9 Å². The summed E-state index contributed by atoms with van der Waals surface area (Å²) >= 11 is 0. The van der Waals surface area contributed by atoms with Crippen molar-refractivity contribution in [2.45, 2.75) is 45.7 Å². The van der Waals surface area contributed by atoms with Crippen molar-refractivity contribution in [1.82, 2.24) is 19.4 Å². The van der Waals surface area contributed by atoms with Crippen LogP contribution < -0.4 is 5.32 Å². The molecule has 5 nitrogen and oxygen atoms in total. The summed E-state index contributed by atoms with van der Waals surface area (Å²) in [5.74, 6) is 1.10. The molecule has 25 heavy (non-hydrogen) atoms. The molecular formula is C20H26N4O. The van der Waals surface area contributed by atoms with E-state index in [2.05, 4.69) is 41.3 Å². The average molecular weight is 338 g/mol. The van der Waals surface area contributed by atoms with E-state index >= 15 is 0 Å². The van der Waals surface area contributed by atoms with Gasteiger partial charge in [0.2, 0.25) is 5.91 Å². The molecule has 0 spiro atoms. The molecule has 2 aromatic heterocycles. The van der Waals surface area contributed by atoms with Crippen molar-refractivity contribution in [1.29, 1.82) is 0 Å². The first-order chi connectivity index (χ1) is 12.1. The number of rotatable bonds is 7. The number of fused-ring (bicyclic) bond motifs is 1. The molecule has 0 radical (unpaired) electrons. The van der Waals surface area contributed by atoms with Gasteiger partial charge in [-0.15, -0.1) is 0 Å². The Kier molecular flexibility index (Phi) is 5.22. The third-order valence-electron chi connectivity index (χ3n) is 4.47. The Balaban J connectivity index is 1.59. The lowest BCUT2D eigenvalue weighted by Crippen LogP contribution is -2.28. The number of hydrogen-bond acceptors (Lipinski definition) is 2. The Bertz CT molecular complexity index is 833. The predicted molar refractivity (Wildman–Crippen MR) is 101 cm³/mol. The van der Waals surface area contributed by atoms with Gasteiger partial charge in [0.05, 0.1) is 11.0 Å². The highest BCUT2D eigenvalue weighted by atomic mass is 16.1. The van der Waals surface area contributed by atoms with E-state index in [-0.39, 0.29) is 11.9 Å². The number of carbonyl (C=O) groups excluding carboxylic acids is 1. The van der Waals surface area contributed by atoms with Crippen LogP contribution in [0, 0.1) is 0 Å². The standard InChI is InChI=1S/C20H26N4O/c1-15(2)24-18-9-5-4-8-17(18)22-19(24)10-11-21-20(25)14-16(3)23-12-6-7-13-23/h4-9,12-13,15-16H,10-11,14H2,1-3H3,(H,21,25)/t16-/m1/s1. The smallest absolute Gasteiger partial charge is 0.222 e. The first-order valence-corrected chi connectivity index (χ1v) is 8.91. The molecule has 132 valence electrons. The van der Waals surface area contributed by atoms with E-state index in [9.17, 15) is 4.79 Å². The number of aromatic nitrogens is 3. The Morgan fingerprint density at radius 2 is 1.84 bits per heavy atom. The van der Waals surface area contributed by atoms with E-state index in [0.717, 1.165) is 23.3 Å². The third-order valence-corrected chi connectivity index (χ3v) is 4.47. The molecule has 3 rings (SSSR count). The second kappa shape index (κ2) is 7.55. The lowest BCUT2D eigenvalue weighted by Gasteiger charge is -2.15. The van der Waals surface area contributed by atoms with Gasteiger partial charge in [0.25, 0.3) is 0 Å². The zero-order valence-electron chi connectivity index (χ0n) is 15.1. The van der Waals surface area contributed by atoms with Gasteiger partial charge in [-0.25, -0.2) is 4.98 Å². The first kappa shape index (κ1) is 17.3. The molecule has 0 aliphatic carbocycles. The van der Waals surface area contributed by atoms with E-state index < -0.39 is 0 Å². The van der Waals surface area contributed by atoms with Crippen LogP contribution in [-0.4, -0.2) is 26.6 Å². The van der Waals surface area contributed by atoms with Gasteiger partial charge in [0, 0.05) is 43.9 Å². The largest absolute Gasteiger partial charge is 0.356 e. The zero-order valence-corrected chi connectivity index (χ0v) is 15.1. The molecule has 0 aliphatic rings. The molecular weight excluding hydrogens is 312 g/mol. The van der Waals surface area contributed by atoms with Crippen molar-refractivity contribution in [3.05, 3.63) is 54.6 Å². The molecule has 0 bridgehead atoms. The summed E-state index contributed by atoms with van der Waals surface area (Å²) in [6, 6.07) is 12.6. The van der Waals surface area contributed by atoms with Crippen LogP contribution >= 0.6 is 0 Å². The number of nitrogens with zero attached hydrogens (tertiary/aromatic N) is 3. The maximum Gasteiger partial charge on any atom is 0.222 e. The van der Waals surface area contributed by atoms with Gasteiger partial charge in [-0.05, 0) is 45.0 Å². The molecule has 1 amide bonds. The summed E-state index contributed by atoms with van der Waals surface area (Å²) in [5, 5.41) is 3.03. The summed E-state index contributed by atoms with van der Waals surface area (Å²) < 4.78 is 4.31. The Labute approximate surface area is 148 Å². The van der Waals surface area contributed by atoms with Crippen molar-refractivity contribution in [3.8, 4) is 0 Å². The second-order valence-electron chi connectivity index (χ2n) is 6.76. The van der Waals surface area contributed by atoms with E-state index in [1.165, 1.54) is 0 Å². The summed E-state index contributed by atoms with van der Waals surface area (Å²) in [7, 11) is 0. The van der Waals surface area contributed by atoms with Gasteiger partial charge in [0.1, 0.15) is 5.82 Å². The predicted octanol–water partition coefficient (Wildman–Crippen LogP) is 3.73. The molecule has 2 heterocycles. The summed E-state index contributed by atoms with van der Waals surface area (Å²) in [6.07, 6.45) is 5.19. The summed E-state index contributed by atoms with van der Waals surface area (Å²) in [5.41, 5.74) is 2.17. The average Bonchev–Trinajstić information content (AvgIpc) is 3.22. The lowest BCUT2D eigenvalue weighted by molar-refractivity contribution is -0.121. The Hall–Kier alpha value is -2.56. The third kappa shape index (κ3) is 3.92. The van der Waals surface area contributed by atoms with Crippen LogP contribution in [0.3, 0.4) is 0 Å². The number of benzene rings is 1. The lowest BCUT2D eigenvalue weighted by atomic mass is 10.2. The van der Waals surface area contributed by atoms with Gasteiger partial charge in [-0.2, -0.15) is 0 Å². The van der Waals surface area contributed by atoms with Crippen molar-refractivity contribution in [3.63, 3.8) is 0 Å². The first-order valence-electron chi connectivity index (χ1n) is 8.91. The maximum absolute atomic E-state index is 12.2. The maximum atomic E-state index is 12.2. The number of para-hydroxylation sites is 2. The van der Waals surface area contributed by atoms with E-state index in [0.29, 0.717) is 19.0 Å². The van der Waals surface area contributed by atoms with Crippen LogP contribution in [-0.2, 0) is 11.2 Å². The van der Waals surface area contributed by atoms with Crippen LogP contribution in [0.1, 0.15) is 45.1 Å². The molecule has 1 N–H and O–H groups in total. The molecule has 0 aliphatic heterocycles. The second-order valence-corrected chi connectivity index (χ2v) is 6.76. The Morgan fingerprint density at radius 1 is 1.12 bits per heavy atom. The quantitative estimate of drug-likeness (QED) is 0.714. The van der Waals surface area contributed by atoms with E-state index in [4.69, 9.17) is 4.98 Å². The molecule has 3 aromatic rings. The minimum Gasteiger partial charge on any atom is -0.356 e. The van der Waals surface area contributed by atoms with Gasteiger partial charge in [-0.1, -0.05) is 12.1 Å². The molecule has 0 saturated carbocycles. The number of imidazole rings is 1. The molecule has 5 heteroatoms. The van der Waals surface area contributed by atoms with Crippen molar-refractivity contribution in [2.75, 3.05) is 6.54 Å². The number of hydrogen-bond donors (Lipinski definition) is 1. The highest BCUT2D eigenvalue weighted by molar-refractivity contribution is 5.77. The van der Waals surface area contributed by atoms with Gasteiger partial charge >= 0.3 is 0 Å². The van der Waals surface area contributed by atoms with Crippen molar-refractivity contribution < 1.29 is 4.79 Å². The summed E-state index contributed by atoms with van der Waals surface area (Å²) in [4.78, 5) is 16.9. The highest BCUT2D eigenvalue weighted by Gasteiger charge is 2.14. The van der Waals surface area contributed by atoms with Gasteiger partial charge < -0.3 is 14.5 Å². The fraction of sp³-hybridized carbons (Fsp3) is 0.400. The van der Waals surface area contributed by atoms with Gasteiger partial charge in [0.15, 0.2) is 0 Å². The minimum absolute atomic E-state index is 0.0772. The Morgan fingerprint density at radius 3 is 2.56 bits per heavy atom. The fourth-order valence-corrected chi connectivity index (χ4v) is 3.25. The number of nitrogens with one attached hydrogen (secondary N) is 1. The van der Waals surface area contributed by atoms with Gasteiger partial charge in [-0.3, -0.25) is 4.79 Å². The van der Waals surface area contributed by atoms with E-state index in [1.807, 2.05) is 42.7 Å². The topological polar surface area (TPSA) is 51.9 Å². The van der Waals surface area contributed by atoms with Crippen LogP contribution in [0.2, 0.25) is 0 Å². The monoisotopic (exact) mass is 338 g/mol. The minimum atomic E-state index is 0.0772. The van der Waals surface area contributed by atoms with Crippen LogP contribution in [0.4, 0.5) is 0 Å². The molecule has 1 atom stereocenters. The van der Waals surface area contributed by atoms with E-state index in [1.54, 1.807) is 0 Å². The van der Waals surface area contributed by atoms with Crippen LogP contribution in [0.15, 0.2) is 48.8 Å². The van der Waals surface area contributed by atoms with Crippen LogP contribution in [0.5, 0.6) is 0 Å². The summed E-state index contributed by atoms with van der Waals surface area (Å²) in [6.45, 7) is 6.98. The zero-order chi connectivity index (χ0) is 17.8. The SMILES string of the molecule is CC(C)n1c(CCNC(=O)C[C@@H](C)n2cccc2)nc2ccccc21. The van der Waals surface area contributed by atoms with Crippen LogP contribution in [0.25, 0.3) is 11.0 Å². The fourth-order valence-electron chi connectivity index (χ4n) is 3.25. The molecule has 0 unspecified atom stereocenters. The normalized spacial score (nSPS) is 12.6. The number of carbonyl (C=O) groups is 1. The molecule has 1 aromatic carbocycles. The van der Waals surface area contributed by atoms with Crippen molar-refractivity contribution in [2.24, 2.45) is 0 Å². The number of amides is 1. The molecule has 0 saturated heterocycles.